The third-order valence-corrected chi connectivity index (χ3v) is 2.12. The van der Waals surface area contributed by atoms with Crippen LogP contribution in [0.25, 0.3) is 10.8 Å². The summed E-state index contributed by atoms with van der Waals surface area (Å²) in [4.78, 5) is 32.9. The molecular weight excluding hydrogens is 240 g/mol. The predicted molar refractivity (Wildman–Crippen MR) is 67.7 cm³/mol. The molecule has 0 aliphatic heterocycles. The molecule has 0 atom stereocenters. The fourth-order valence-corrected chi connectivity index (χ4v) is 1.32. The van der Waals surface area contributed by atoms with Gasteiger partial charge in [0.25, 0.3) is 5.43 Å². The van der Waals surface area contributed by atoms with E-state index in [9.17, 15) is 14.4 Å². The maximum atomic E-state index is 11.0. The van der Waals surface area contributed by atoms with Crippen LogP contribution in [0, 0.1) is 0 Å². The van der Waals surface area contributed by atoms with Gasteiger partial charge in [0.2, 0.25) is 10.9 Å². The lowest BCUT2D eigenvalue weighted by Gasteiger charge is -1.84. The van der Waals surface area contributed by atoms with Gasteiger partial charge in [-0.25, -0.2) is 0 Å². The zero-order valence-corrected chi connectivity index (χ0v) is 9.80. The fourth-order valence-electron chi connectivity index (χ4n) is 1.32. The second-order valence-corrected chi connectivity index (χ2v) is 3.25. The molecule has 0 fully saturated rings. The van der Waals surface area contributed by atoms with Crippen LogP contribution in [-0.2, 0) is 4.74 Å². The van der Waals surface area contributed by atoms with E-state index in [1.807, 2.05) is 0 Å². The van der Waals surface area contributed by atoms with E-state index < -0.39 is 16.3 Å². The highest BCUT2D eigenvalue weighted by Crippen LogP contribution is 2.01. The fraction of sp³-hybridized carbons (Fsp3) is 0.250. The van der Waals surface area contributed by atoms with Gasteiger partial charge < -0.3 is 15.3 Å². The van der Waals surface area contributed by atoms with Gasteiger partial charge in [-0.2, -0.15) is 0 Å². The van der Waals surface area contributed by atoms with Crippen molar-refractivity contribution in [1.29, 1.82) is 0 Å². The monoisotopic (exact) mass is 254 g/mol. The van der Waals surface area contributed by atoms with Crippen LogP contribution < -0.4 is 16.3 Å². The molecule has 18 heavy (non-hydrogen) atoms. The minimum atomic E-state index is -0.920. The third kappa shape index (κ3) is 3.30. The Morgan fingerprint density at radius 1 is 1.00 bits per heavy atom. The quantitative estimate of drug-likeness (QED) is 0.662. The van der Waals surface area contributed by atoms with Crippen molar-refractivity contribution in [3.63, 3.8) is 0 Å². The van der Waals surface area contributed by atoms with Crippen LogP contribution in [-0.4, -0.2) is 30.9 Å². The molecule has 2 aromatic rings. The first-order chi connectivity index (χ1) is 8.13. The van der Waals surface area contributed by atoms with Gasteiger partial charge in [-0.1, -0.05) is 24.3 Å². The van der Waals surface area contributed by atoms with Crippen molar-refractivity contribution >= 4 is 10.8 Å². The van der Waals surface area contributed by atoms with Crippen LogP contribution in [0.1, 0.15) is 0 Å². The van der Waals surface area contributed by atoms with E-state index in [1.54, 1.807) is 19.2 Å². The number of rotatable bonds is 2. The average Bonchev–Trinajstić information content (AvgIpc) is 2.57. The second kappa shape index (κ2) is 7.44. The van der Waals surface area contributed by atoms with Gasteiger partial charge in [0.15, 0.2) is 0 Å². The first-order valence-electron chi connectivity index (χ1n) is 4.95. The summed E-state index contributed by atoms with van der Waals surface area (Å²) in [7, 11) is 1.55. The summed E-state index contributed by atoms with van der Waals surface area (Å²) in [6.07, 6.45) is 0. The highest BCUT2D eigenvalue weighted by molar-refractivity contribution is 5.83. The zero-order valence-electron chi connectivity index (χ0n) is 9.80. The molecule has 2 aromatic carbocycles. The molecule has 3 N–H and O–H groups in total. The Balaban J connectivity index is 0.000000421. The topological polar surface area (TPSA) is 112 Å². The molecule has 0 radical (unpaired) electrons. The van der Waals surface area contributed by atoms with Gasteiger partial charge in [0.1, 0.15) is 0 Å². The lowest BCUT2D eigenvalue weighted by molar-refractivity contribution is 0.135. The molecule has 0 unspecified atom stereocenters. The highest BCUT2D eigenvalue weighted by Gasteiger charge is 2.09. The number of methoxy groups -OCH3 is 1. The Morgan fingerprint density at radius 3 is 1.72 bits per heavy atom. The minimum Gasteiger partial charge on any atom is -0.412 e. The van der Waals surface area contributed by atoms with Crippen LogP contribution in [0.3, 0.4) is 0 Å². The largest absolute Gasteiger partial charge is 0.412 e. The number of hydrogen-bond donors (Lipinski definition) is 1. The summed E-state index contributed by atoms with van der Waals surface area (Å²) < 4.78 is 4.44. The maximum Gasteiger partial charge on any atom is 0.273 e. The Kier molecular flexibility index (Phi) is 6.66. The number of hydrogen-bond acceptors (Lipinski definition) is 5. The maximum absolute atomic E-state index is 11.0. The Bertz CT molecular complexity index is 572. The van der Waals surface area contributed by atoms with Gasteiger partial charge in [-0.05, 0) is 0 Å². The van der Waals surface area contributed by atoms with E-state index in [1.165, 1.54) is 12.1 Å². The van der Waals surface area contributed by atoms with Crippen molar-refractivity contribution in [2.24, 2.45) is 0 Å². The van der Waals surface area contributed by atoms with E-state index in [0.29, 0.717) is 6.61 Å². The van der Waals surface area contributed by atoms with Gasteiger partial charge in [-0.3, -0.25) is 14.4 Å². The summed E-state index contributed by atoms with van der Waals surface area (Å²) in [5.74, 6) is 0. The molecular formula is C12H14O6. The summed E-state index contributed by atoms with van der Waals surface area (Å²) in [5, 5.41) is 8.40. The molecule has 0 saturated heterocycles. The van der Waals surface area contributed by atoms with Crippen LogP contribution >= 0.6 is 0 Å². The molecule has 98 valence electrons. The van der Waals surface area contributed by atoms with E-state index in [0.717, 1.165) is 0 Å². The molecule has 0 aliphatic rings. The zero-order chi connectivity index (χ0) is 12.8. The summed E-state index contributed by atoms with van der Waals surface area (Å²) in [6.45, 7) is 0.566. The van der Waals surface area contributed by atoms with Crippen LogP contribution in [0.15, 0.2) is 38.6 Å². The second-order valence-electron chi connectivity index (χ2n) is 3.25. The number of fused-ring (bicyclic) bond motifs is 1. The van der Waals surface area contributed by atoms with Crippen LogP contribution in [0.4, 0.5) is 0 Å². The van der Waals surface area contributed by atoms with Crippen molar-refractivity contribution in [3.05, 3.63) is 54.9 Å². The summed E-state index contributed by atoms with van der Waals surface area (Å²) >= 11 is 0. The van der Waals surface area contributed by atoms with Gasteiger partial charge in [0, 0.05) is 17.9 Å². The first-order valence-corrected chi connectivity index (χ1v) is 4.95. The van der Waals surface area contributed by atoms with Gasteiger partial charge >= 0.3 is 0 Å². The number of ether oxygens (including phenoxy) is 1. The lowest BCUT2D eigenvalue weighted by Crippen LogP contribution is -2.29. The van der Waals surface area contributed by atoms with E-state index >= 15 is 0 Å². The van der Waals surface area contributed by atoms with Crippen LogP contribution in [0.5, 0.6) is 0 Å². The Labute approximate surface area is 102 Å². The molecule has 0 spiro atoms. The number of aliphatic hydroxyl groups excluding tert-OH is 1. The van der Waals surface area contributed by atoms with Crippen LogP contribution in [0.2, 0.25) is 0 Å². The summed E-state index contributed by atoms with van der Waals surface area (Å²) in [5.41, 5.74) is -2.29. The summed E-state index contributed by atoms with van der Waals surface area (Å²) in [6, 6.07) is 6.23. The standard InChI is InChI=1S/C9H4O3.C3H8O2.H2O/c10-7-5-3-1-2-4-6(5)8(11)9(7)12;1-5-3-2-4;/h1-4H;4H,2-3H2,1H3;1H2. The van der Waals surface area contributed by atoms with E-state index in [2.05, 4.69) is 4.74 Å². The van der Waals surface area contributed by atoms with Gasteiger partial charge in [-0.15, -0.1) is 0 Å². The SMILES string of the molecule is COCCO.O.O=c1c(=O)c2ccccc2c1=O. The molecule has 6 heteroatoms. The molecule has 0 amide bonds. The lowest BCUT2D eigenvalue weighted by atomic mass is 10.2. The molecule has 0 bridgehead atoms. The molecule has 0 saturated carbocycles. The van der Waals surface area contributed by atoms with Crippen molar-refractivity contribution in [3.8, 4) is 0 Å². The van der Waals surface area contributed by atoms with Crippen molar-refractivity contribution in [2.45, 2.75) is 0 Å². The molecule has 6 nitrogen and oxygen atoms in total. The molecule has 0 aliphatic carbocycles. The average molecular weight is 254 g/mol. The van der Waals surface area contributed by atoms with Crippen molar-refractivity contribution < 1.29 is 15.3 Å². The molecule has 2 rings (SSSR count). The predicted octanol–water partition coefficient (Wildman–Crippen LogP) is -1.40. The van der Waals surface area contributed by atoms with Crippen molar-refractivity contribution in [1.82, 2.24) is 0 Å². The van der Waals surface area contributed by atoms with Crippen molar-refractivity contribution in [2.75, 3.05) is 20.3 Å². The number of benzene rings is 1. The van der Waals surface area contributed by atoms with E-state index in [-0.39, 0.29) is 22.9 Å². The third-order valence-electron chi connectivity index (χ3n) is 2.12. The molecule has 0 heterocycles. The Morgan fingerprint density at radius 2 is 1.44 bits per heavy atom. The van der Waals surface area contributed by atoms with E-state index in [4.69, 9.17) is 5.11 Å². The number of aliphatic hydroxyl groups is 1. The molecule has 0 aromatic heterocycles. The highest BCUT2D eigenvalue weighted by atomic mass is 16.5. The first kappa shape index (κ1) is 16.1. The minimum absolute atomic E-state index is 0. The Hall–Kier alpha value is -1.89. The van der Waals surface area contributed by atoms with Gasteiger partial charge in [0.05, 0.1) is 13.2 Å². The smallest absolute Gasteiger partial charge is 0.273 e. The normalized spacial score (nSPS) is 9.44.